The number of carbonyl (C=O) groups excluding carboxylic acids is 4. The van der Waals surface area contributed by atoms with Crippen LogP contribution in [0.5, 0.6) is 5.75 Å². The Morgan fingerprint density at radius 1 is 0.875 bits per heavy atom. The first-order chi connectivity index (χ1) is 26.8. The molecule has 0 bridgehead atoms. The second-order valence-corrected chi connectivity index (χ2v) is 15.7. The molecular weight excluding hydrogens is 747 g/mol. The average Bonchev–Trinajstić information content (AvgIpc) is 3.18. The Hall–Kier alpha value is -5.02. The maximum Gasteiger partial charge on any atom is 0.326 e. The van der Waals surface area contributed by atoms with Crippen molar-refractivity contribution in [2.45, 2.75) is 81.9 Å². The van der Waals surface area contributed by atoms with Gasteiger partial charge >= 0.3 is 5.97 Å². The number of β-lactam (4-membered cyclic amide) rings is 1. The summed E-state index contributed by atoms with van der Waals surface area (Å²) in [7, 11) is 0. The van der Waals surface area contributed by atoms with E-state index in [1.165, 1.54) is 60.3 Å². The Balaban J connectivity index is 1.16. The summed E-state index contributed by atoms with van der Waals surface area (Å²) in [4.78, 5) is 65.4. The number of rotatable bonds is 18. The number of aliphatic carboxylic acids is 1. The Labute approximate surface area is 328 Å². The third kappa shape index (κ3) is 11.3. The van der Waals surface area contributed by atoms with Gasteiger partial charge in [0.15, 0.2) is 6.61 Å². The zero-order valence-corrected chi connectivity index (χ0v) is 32.1. The molecule has 0 unspecified atom stereocenters. The summed E-state index contributed by atoms with van der Waals surface area (Å²) in [6.07, 6.45) is 4.40. The number of hydrogen-bond donors (Lipinski definition) is 5. The van der Waals surface area contributed by atoms with Crippen LogP contribution in [0.1, 0.15) is 75.6 Å². The van der Waals surface area contributed by atoms with E-state index in [1.54, 1.807) is 43.0 Å². The van der Waals surface area contributed by atoms with Gasteiger partial charge in [-0.15, -0.1) is 11.8 Å². The van der Waals surface area contributed by atoms with Crippen LogP contribution < -0.4 is 25.6 Å². The Morgan fingerprint density at radius 3 is 2.11 bits per heavy atom. The molecule has 2 fully saturated rings. The Morgan fingerprint density at radius 2 is 1.50 bits per heavy atom. The van der Waals surface area contributed by atoms with Gasteiger partial charge in [-0.2, -0.15) is 0 Å². The molecule has 0 radical (unpaired) electrons. The number of carboxylic acid groups (broad SMARTS) is 1. The number of nitrogens with one attached hydrogen (secondary N) is 3. The van der Waals surface area contributed by atoms with Gasteiger partial charge in [-0.25, -0.2) is 13.6 Å². The lowest BCUT2D eigenvalue weighted by Gasteiger charge is -2.47. The SMILES string of the molecule is CC(C)[C@@H](NC(=O)[C@@H](CC1CCCCC1)NC(=O)CNC(=O)COc1ccc([C@@H]2[C@@H](SC[C@H](O)c3ccc(F)cc3)C(=O)N2c2ccc(F)cc2)cc1)C(=O)O. The molecule has 5 atom stereocenters. The molecule has 1 aliphatic carbocycles. The number of aliphatic hydroxyl groups excluding tert-OH is 1. The van der Waals surface area contributed by atoms with Crippen LogP contribution in [-0.4, -0.2) is 76.0 Å². The minimum Gasteiger partial charge on any atom is -0.484 e. The number of aliphatic hydroxyl groups is 1. The lowest BCUT2D eigenvalue weighted by atomic mass is 9.84. The van der Waals surface area contributed by atoms with Gasteiger partial charge in [0.25, 0.3) is 5.91 Å². The van der Waals surface area contributed by atoms with Crippen LogP contribution >= 0.6 is 11.8 Å². The average molecular weight is 795 g/mol. The molecule has 56 heavy (non-hydrogen) atoms. The maximum absolute atomic E-state index is 13.7. The number of nitrogens with zero attached hydrogens (tertiary/aromatic N) is 1. The molecular formula is C41H48F2N4O8S. The molecule has 300 valence electrons. The zero-order chi connectivity index (χ0) is 40.4. The third-order valence-corrected chi connectivity index (χ3v) is 11.4. The first-order valence-electron chi connectivity index (χ1n) is 18.8. The van der Waals surface area contributed by atoms with E-state index in [4.69, 9.17) is 4.74 Å². The fourth-order valence-electron chi connectivity index (χ4n) is 6.95. The minimum absolute atomic E-state index is 0.168. The number of anilines is 1. The quantitative estimate of drug-likeness (QED) is 0.110. The summed E-state index contributed by atoms with van der Waals surface area (Å²) in [6.45, 7) is 2.52. The maximum atomic E-state index is 13.7. The first kappa shape index (κ1) is 42.1. The molecule has 1 heterocycles. The second-order valence-electron chi connectivity index (χ2n) is 14.5. The van der Waals surface area contributed by atoms with Crippen LogP contribution in [0.4, 0.5) is 14.5 Å². The first-order valence-corrected chi connectivity index (χ1v) is 19.8. The Bertz CT molecular complexity index is 1820. The van der Waals surface area contributed by atoms with Crippen molar-refractivity contribution in [1.82, 2.24) is 16.0 Å². The zero-order valence-electron chi connectivity index (χ0n) is 31.3. The van der Waals surface area contributed by atoms with E-state index >= 15 is 0 Å². The normalized spacial score (nSPS) is 18.7. The molecule has 5 rings (SSSR count). The molecule has 5 N–H and O–H groups in total. The van der Waals surface area contributed by atoms with E-state index in [0.29, 0.717) is 23.4 Å². The van der Waals surface area contributed by atoms with E-state index in [2.05, 4.69) is 16.0 Å². The number of carboxylic acids is 1. The van der Waals surface area contributed by atoms with Crippen LogP contribution in [0.25, 0.3) is 0 Å². The lowest BCUT2D eigenvalue weighted by molar-refractivity contribution is -0.143. The highest BCUT2D eigenvalue weighted by Crippen LogP contribution is 2.46. The van der Waals surface area contributed by atoms with Crippen LogP contribution in [0.2, 0.25) is 0 Å². The molecule has 2 aliphatic rings. The highest BCUT2D eigenvalue weighted by Gasteiger charge is 2.49. The van der Waals surface area contributed by atoms with E-state index in [0.717, 1.165) is 37.7 Å². The number of ether oxygens (including phenoxy) is 1. The van der Waals surface area contributed by atoms with Gasteiger partial charge < -0.3 is 35.8 Å². The topological polar surface area (TPSA) is 174 Å². The number of hydrogen-bond acceptors (Lipinski definition) is 8. The fraction of sp³-hybridized carbons (Fsp3) is 0.439. The smallest absolute Gasteiger partial charge is 0.326 e. The monoisotopic (exact) mass is 794 g/mol. The van der Waals surface area contributed by atoms with Crippen molar-refractivity contribution < 1.29 is 47.7 Å². The number of amides is 4. The largest absolute Gasteiger partial charge is 0.484 e. The van der Waals surface area contributed by atoms with Gasteiger partial charge in [0.2, 0.25) is 17.7 Å². The molecule has 1 saturated heterocycles. The summed E-state index contributed by atoms with van der Waals surface area (Å²) >= 11 is 1.26. The summed E-state index contributed by atoms with van der Waals surface area (Å²) in [5.74, 6) is -3.69. The molecule has 15 heteroatoms. The van der Waals surface area contributed by atoms with Crippen LogP contribution in [-0.2, 0) is 24.0 Å². The van der Waals surface area contributed by atoms with Crippen LogP contribution in [0.15, 0.2) is 72.8 Å². The van der Waals surface area contributed by atoms with Crippen molar-refractivity contribution in [3.8, 4) is 5.75 Å². The molecule has 12 nitrogen and oxygen atoms in total. The van der Waals surface area contributed by atoms with Crippen molar-refractivity contribution in [3.05, 3.63) is 95.6 Å². The van der Waals surface area contributed by atoms with Gasteiger partial charge in [0.1, 0.15) is 34.7 Å². The van der Waals surface area contributed by atoms with E-state index in [9.17, 15) is 43.0 Å². The number of carbonyl (C=O) groups is 5. The van der Waals surface area contributed by atoms with Crippen LogP contribution in [0.3, 0.4) is 0 Å². The molecule has 1 saturated carbocycles. The van der Waals surface area contributed by atoms with Crippen molar-refractivity contribution in [3.63, 3.8) is 0 Å². The lowest BCUT2D eigenvalue weighted by Crippen LogP contribution is -2.57. The highest BCUT2D eigenvalue weighted by molar-refractivity contribution is 8.00. The van der Waals surface area contributed by atoms with E-state index in [-0.39, 0.29) is 23.5 Å². The summed E-state index contributed by atoms with van der Waals surface area (Å²) in [5.41, 5.74) is 1.74. The number of benzene rings is 3. The highest BCUT2D eigenvalue weighted by atomic mass is 32.2. The van der Waals surface area contributed by atoms with Crippen molar-refractivity contribution in [2.75, 3.05) is 23.8 Å². The minimum atomic E-state index is -1.16. The molecule has 0 aromatic heterocycles. The number of halogens is 2. The standard InChI is InChI=1S/C41H48F2N4O8S/c1-24(2)36(41(53)54)46-39(51)32(20-25-6-4-3-5-7-25)45-34(49)21-44-35(50)22-55-31-18-10-27(11-19-31)37-38(40(52)47(37)30-16-14-29(43)15-17-30)56-23-33(48)26-8-12-28(42)13-9-26/h8-19,24-25,32-33,36-38,48H,3-7,20-23H2,1-2H3,(H,44,50)(H,45,49)(H,46,51)(H,53,54)/t32-,33+,36-,37-,38-/m1/s1. The van der Waals surface area contributed by atoms with E-state index in [1.807, 2.05) is 0 Å². The van der Waals surface area contributed by atoms with Crippen molar-refractivity contribution in [2.24, 2.45) is 11.8 Å². The van der Waals surface area contributed by atoms with Gasteiger partial charge in [-0.05, 0) is 77.9 Å². The summed E-state index contributed by atoms with van der Waals surface area (Å²) in [5, 5.41) is 27.4. The molecule has 3 aromatic rings. The van der Waals surface area contributed by atoms with Crippen molar-refractivity contribution >= 4 is 47.0 Å². The third-order valence-electron chi connectivity index (χ3n) is 10.1. The van der Waals surface area contributed by atoms with Gasteiger partial charge in [-0.3, -0.25) is 19.2 Å². The van der Waals surface area contributed by atoms with Crippen molar-refractivity contribution in [1.29, 1.82) is 0 Å². The predicted octanol–water partition coefficient (Wildman–Crippen LogP) is 5.06. The van der Waals surface area contributed by atoms with Gasteiger partial charge in [0, 0.05) is 11.4 Å². The second kappa shape index (κ2) is 19.7. The van der Waals surface area contributed by atoms with E-state index < -0.39 is 78.0 Å². The van der Waals surface area contributed by atoms with Gasteiger partial charge in [-0.1, -0.05) is 70.2 Å². The fourth-order valence-corrected chi connectivity index (χ4v) is 8.25. The van der Waals surface area contributed by atoms with Gasteiger partial charge in [0.05, 0.1) is 18.7 Å². The molecule has 0 spiro atoms. The molecule has 1 aliphatic heterocycles. The summed E-state index contributed by atoms with van der Waals surface area (Å²) in [6, 6.07) is 15.2. The molecule has 4 amide bonds. The summed E-state index contributed by atoms with van der Waals surface area (Å²) < 4.78 is 32.7. The number of thioether (sulfide) groups is 1. The van der Waals surface area contributed by atoms with Crippen LogP contribution in [0, 0.1) is 23.5 Å². The molecule has 3 aromatic carbocycles. The predicted molar refractivity (Wildman–Crippen MR) is 207 cm³/mol. The Kier molecular flexibility index (Phi) is 14.8.